The van der Waals surface area contributed by atoms with E-state index < -0.39 is 34.6 Å². The molecule has 0 bridgehead atoms. The van der Waals surface area contributed by atoms with Crippen molar-refractivity contribution in [2.45, 2.75) is 12.4 Å². The van der Waals surface area contributed by atoms with E-state index in [9.17, 15) is 26.3 Å². The van der Waals surface area contributed by atoms with Crippen LogP contribution in [0.2, 0.25) is 0 Å². The van der Waals surface area contributed by atoms with E-state index in [2.05, 4.69) is 15.2 Å². The van der Waals surface area contributed by atoms with Gasteiger partial charge in [-0.05, 0) is 29.8 Å². The van der Waals surface area contributed by atoms with E-state index in [0.29, 0.717) is 0 Å². The van der Waals surface area contributed by atoms with Gasteiger partial charge in [-0.1, -0.05) is 36.4 Å². The maximum absolute atomic E-state index is 13.4. The van der Waals surface area contributed by atoms with Gasteiger partial charge in [0.15, 0.2) is 11.5 Å². The lowest BCUT2D eigenvalue weighted by atomic mass is 10.1. The minimum Gasteiger partial charge on any atom is -0.259 e. The van der Waals surface area contributed by atoms with Crippen molar-refractivity contribution in [2.75, 3.05) is 0 Å². The van der Waals surface area contributed by atoms with E-state index in [4.69, 9.17) is 0 Å². The number of hydrogen-bond donors (Lipinski definition) is 0. The molecule has 0 aliphatic carbocycles. The van der Waals surface area contributed by atoms with Gasteiger partial charge in [0.1, 0.15) is 11.3 Å². The molecule has 3 aromatic heterocycles. The lowest BCUT2D eigenvalue weighted by Gasteiger charge is -2.14. The van der Waals surface area contributed by atoms with Gasteiger partial charge in [-0.25, -0.2) is 4.98 Å². The Morgan fingerprint density at radius 3 is 2.17 bits per heavy atom. The summed E-state index contributed by atoms with van der Waals surface area (Å²) in [6.07, 6.45) is -6.98. The Hall–Kier alpha value is -3.43. The summed E-state index contributed by atoms with van der Waals surface area (Å²) in [5, 5.41) is 7.21. The highest BCUT2D eigenvalue weighted by Crippen LogP contribution is 2.38. The number of rotatable bonds is 2. The van der Waals surface area contributed by atoms with E-state index in [1.165, 1.54) is 12.1 Å². The molecular formula is C19H10F6N4. The molecule has 0 fully saturated rings. The summed E-state index contributed by atoms with van der Waals surface area (Å²) in [7, 11) is 0. The van der Waals surface area contributed by atoms with Crippen molar-refractivity contribution >= 4 is 28.8 Å². The van der Waals surface area contributed by atoms with Crippen LogP contribution in [-0.2, 0) is 12.4 Å². The SMILES string of the molecule is FC(F)(F)c1cc(C(F)(F)F)c2ccc3nnc(C=Cc4ccccc4)n3c2n1. The third-order valence-electron chi connectivity index (χ3n) is 4.18. The third-order valence-corrected chi connectivity index (χ3v) is 4.18. The Morgan fingerprint density at radius 1 is 0.793 bits per heavy atom. The largest absolute Gasteiger partial charge is 0.433 e. The summed E-state index contributed by atoms with van der Waals surface area (Å²) in [6.45, 7) is 0. The topological polar surface area (TPSA) is 43.1 Å². The van der Waals surface area contributed by atoms with Crippen LogP contribution in [0.15, 0.2) is 48.5 Å². The number of alkyl halides is 6. The molecule has 3 heterocycles. The van der Waals surface area contributed by atoms with E-state index in [1.54, 1.807) is 36.4 Å². The first-order chi connectivity index (χ1) is 13.6. The molecule has 0 unspecified atom stereocenters. The van der Waals surface area contributed by atoms with Crippen molar-refractivity contribution < 1.29 is 26.3 Å². The van der Waals surface area contributed by atoms with Crippen molar-refractivity contribution in [1.82, 2.24) is 19.6 Å². The molecule has 0 spiro atoms. The predicted octanol–water partition coefficient (Wildman–Crippen LogP) is 5.49. The summed E-state index contributed by atoms with van der Waals surface area (Å²) in [5.74, 6) is 0.0504. The summed E-state index contributed by atoms with van der Waals surface area (Å²) in [6, 6.07) is 11.2. The maximum Gasteiger partial charge on any atom is 0.433 e. The maximum atomic E-state index is 13.4. The van der Waals surface area contributed by atoms with Crippen molar-refractivity contribution in [3.63, 3.8) is 0 Å². The van der Waals surface area contributed by atoms with Gasteiger partial charge in [-0.15, -0.1) is 10.2 Å². The van der Waals surface area contributed by atoms with Crippen molar-refractivity contribution in [3.8, 4) is 0 Å². The summed E-state index contributed by atoms with van der Waals surface area (Å²) in [4.78, 5) is 3.46. The van der Waals surface area contributed by atoms with Gasteiger partial charge < -0.3 is 0 Å². The molecule has 4 rings (SSSR count). The van der Waals surface area contributed by atoms with E-state index in [0.717, 1.165) is 16.0 Å². The highest BCUT2D eigenvalue weighted by Gasteiger charge is 2.39. The highest BCUT2D eigenvalue weighted by molar-refractivity contribution is 5.84. The summed E-state index contributed by atoms with van der Waals surface area (Å²) in [5.41, 5.74) is -2.75. The van der Waals surface area contributed by atoms with E-state index in [-0.39, 0.29) is 17.5 Å². The zero-order chi connectivity index (χ0) is 20.8. The van der Waals surface area contributed by atoms with Crippen LogP contribution in [0.5, 0.6) is 0 Å². The van der Waals surface area contributed by atoms with Crippen LogP contribution in [0.1, 0.15) is 22.6 Å². The van der Waals surface area contributed by atoms with Crippen LogP contribution < -0.4 is 0 Å². The van der Waals surface area contributed by atoms with Gasteiger partial charge in [0, 0.05) is 5.39 Å². The average molecular weight is 408 g/mol. The number of halogens is 6. The van der Waals surface area contributed by atoms with Gasteiger partial charge in [-0.3, -0.25) is 4.40 Å². The zero-order valence-electron chi connectivity index (χ0n) is 14.3. The van der Waals surface area contributed by atoms with Crippen LogP contribution in [0, 0.1) is 0 Å². The smallest absolute Gasteiger partial charge is 0.259 e. The molecule has 0 amide bonds. The molecule has 148 valence electrons. The van der Waals surface area contributed by atoms with Gasteiger partial charge in [0.2, 0.25) is 0 Å². The highest BCUT2D eigenvalue weighted by atomic mass is 19.4. The van der Waals surface area contributed by atoms with E-state index in [1.807, 2.05) is 0 Å². The van der Waals surface area contributed by atoms with Crippen molar-refractivity contribution in [2.24, 2.45) is 0 Å². The van der Waals surface area contributed by atoms with Crippen molar-refractivity contribution in [3.05, 3.63) is 71.2 Å². The molecule has 1 aromatic carbocycles. The lowest BCUT2D eigenvalue weighted by Crippen LogP contribution is -2.14. The molecule has 0 aliphatic heterocycles. The van der Waals surface area contributed by atoms with Gasteiger partial charge in [0.05, 0.1) is 5.56 Å². The Kier molecular flexibility index (Phi) is 4.29. The van der Waals surface area contributed by atoms with Crippen LogP contribution in [0.25, 0.3) is 28.8 Å². The van der Waals surface area contributed by atoms with Gasteiger partial charge in [-0.2, -0.15) is 26.3 Å². The molecule has 0 saturated carbocycles. The monoisotopic (exact) mass is 408 g/mol. The lowest BCUT2D eigenvalue weighted by molar-refractivity contribution is -0.144. The quantitative estimate of drug-likeness (QED) is 0.412. The molecule has 4 nitrogen and oxygen atoms in total. The first-order valence-corrected chi connectivity index (χ1v) is 8.21. The number of hydrogen-bond acceptors (Lipinski definition) is 3. The minimum atomic E-state index is -5.05. The number of nitrogens with zero attached hydrogens (tertiary/aromatic N) is 4. The third kappa shape index (κ3) is 3.53. The fraction of sp³-hybridized carbons (Fsp3) is 0.105. The van der Waals surface area contributed by atoms with Crippen LogP contribution in [-0.4, -0.2) is 19.6 Å². The van der Waals surface area contributed by atoms with E-state index >= 15 is 0 Å². The summed E-state index contributed by atoms with van der Waals surface area (Å²) >= 11 is 0. The first-order valence-electron chi connectivity index (χ1n) is 8.21. The predicted molar refractivity (Wildman–Crippen MR) is 93.7 cm³/mol. The Morgan fingerprint density at radius 2 is 1.52 bits per heavy atom. The Labute approximate surface area is 159 Å². The average Bonchev–Trinajstić information content (AvgIpc) is 3.08. The first kappa shape index (κ1) is 18.9. The molecule has 10 heteroatoms. The minimum absolute atomic E-state index is 0.0119. The standard InChI is InChI=1S/C19H10F6N4/c20-18(21,22)13-10-14(19(23,24)25)26-17-12(13)7-9-16-28-27-15(29(16)17)8-6-11-4-2-1-3-5-11/h1-10H. The van der Waals surface area contributed by atoms with Gasteiger partial charge in [0.25, 0.3) is 0 Å². The van der Waals surface area contributed by atoms with Crippen LogP contribution in [0.3, 0.4) is 0 Å². The Balaban J connectivity index is 2.01. The zero-order valence-corrected chi connectivity index (χ0v) is 14.3. The fourth-order valence-corrected chi connectivity index (χ4v) is 2.89. The van der Waals surface area contributed by atoms with Gasteiger partial charge >= 0.3 is 12.4 Å². The molecular weight excluding hydrogens is 398 g/mol. The second-order valence-corrected chi connectivity index (χ2v) is 6.12. The normalized spacial score (nSPS) is 13.0. The molecule has 29 heavy (non-hydrogen) atoms. The number of fused-ring (bicyclic) bond motifs is 3. The Bertz CT molecular complexity index is 1220. The number of pyridine rings is 2. The number of benzene rings is 1. The van der Waals surface area contributed by atoms with Crippen LogP contribution >= 0.6 is 0 Å². The number of aromatic nitrogens is 4. The van der Waals surface area contributed by atoms with Crippen molar-refractivity contribution in [1.29, 1.82) is 0 Å². The molecule has 0 saturated heterocycles. The van der Waals surface area contributed by atoms with Crippen LogP contribution in [0.4, 0.5) is 26.3 Å². The molecule has 0 N–H and O–H groups in total. The fourth-order valence-electron chi connectivity index (χ4n) is 2.89. The second-order valence-electron chi connectivity index (χ2n) is 6.12. The summed E-state index contributed by atoms with van der Waals surface area (Å²) < 4.78 is 81.0. The molecule has 0 aliphatic rings. The second kappa shape index (κ2) is 6.57. The molecule has 4 aromatic rings. The molecule has 0 atom stereocenters. The molecule has 0 radical (unpaired) electrons.